The summed E-state index contributed by atoms with van der Waals surface area (Å²) in [6, 6.07) is 35.2. The van der Waals surface area contributed by atoms with Crippen molar-refractivity contribution in [2.24, 2.45) is 0 Å². The summed E-state index contributed by atoms with van der Waals surface area (Å²) in [4.78, 5) is 3.77. The molecular formula is C24H18FOS+. The molecule has 0 atom stereocenters. The van der Waals surface area contributed by atoms with E-state index in [0.29, 0.717) is 5.75 Å². The molecule has 4 rings (SSSR count). The molecule has 132 valence electrons. The van der Waals surface area contributed by atoms with Crippen molar-refractivity contribution in [3.05, 3.63) is 115 Å². The zero-order valence-electron chi connectivity index (χ0n) is 14.6. The quantitative estimate of drug-likeness (QED) is 0.353. The van der Waals surface area contributed by atoms with Crippen LogP contribution in [-0.2, 0) is 10.9 Å². The average Bonchev–Trinajstić information content (AvgIpc) is 2.73. The molecule has 0 heterocycles. The predicted molar refractivity (Wildman–Crippen MR) is 108 cm³/mol. The second-order valence-corrected chi connectivity index (χ2v) is 7.99. The van der Waals surface area contributed by atoms with Crippen LogP contribution in [0.4, 0.5) is 4.39 Å². The van der Waals surface area contributed by atoms with Gasteiger partial charge in [0.15, 0.2) is 14.7 Å². The van der Waals surface area contributed by atoms with Gasteiger partial charge in [0.25, 0.3) is 0 Å². The van der Waals surface area contributed by atoms with E-state index in [9.17, 15) is 4.39 Å². The van der Waals surface area contributed by atoms with E-state index in [4.69, 9.17) is 4.74 Å². The van der Waals surface area contributed by atoms with Gasteiger partial charge in [-0.2, -0.15) is 0 Å². The fraction of sp³-hybridized carbons (Fsp3) is 0. The highest BCUT2D eigenvalue weighted by Gasteiger charge is 2.28. The van der Waals surface area contributed by atoms with E-state index >= 15 is 0 Å². The minimum absolute atomic E-state index is 0.178. The maximum atomic E-state index is 13.0. The molecular weight excluding hydrogens is 355 g/mol. The lowest BCUT2D eigenvalue weighted by Gasteiger charge is -2.09. The molecule has 4 aromatic rings. The van der Waals surface area contributed by atoms with Gasteiger partial charge in [-0.15, -0.1) is 0 Å². The molecule has 0 aromatic heterocycles. The van der Waals surface area contributed by atoms with Crippen LogP contribution in [0.2, 0.25) is 0 Å². The van der Waals surface area contributed by atoms with Gasteiger partial charge < -0.3 is 4.74 Å². The Balaban J connectivity index is 1.64. The molecule has 0 amide bonds. The second kappa shape index (κ2) is 8.11. The Kier molecular flexibility index (Phi) is 5.22. The SMILES string of the molecule is Fc1ccc(Oc2ccc([S+](c3ccccc3)c3ccccc3)cc2)cc1. The summed E-state index contributed by atoms with van der Waals surface area (Å²) in [6.07, 6.45) is 0. The van der Waals surface area contributed by atoms with Crippen molar-refractivity contribution in [3.8, 4) is 11.5 Å². The van der Waals surface area contributed by atoms with Gasteiger partial charge in [0.1, 0.15) is 17.3 Å². The number of hydrogen-bond acceptors (Lipinski definition) is 1. The summed E-state index contributed by atoms with van der Waals surface area (Å²) in [7, 11) is -0.178. The Morgan fingerprint density at radius 2 is 0.889 bits per heavy atom. The zero-order valence-corrected chi connectivity index (χ0v) is 15.4. The van der Waals surface area contributed by atoms with Crippen molar-refractivity contribution in [2.45, 2.75) is 14.7 Å². The van der Waals surface area contributed by atoms with Crippen LogP contribution >= 0.6 is 0 Å². The van der Waals surface area contributed by atoms with Crippen LogP contribution in [0.1, 0.15) is 0 Å². The van der Waals surface area contributed by atoms with Crippen LogP contribution in [0.15, 0.2) is 124 Å². The number of ether oxygens (including phenoxy) is 1. The van der Waals surface area contributed by atoms with Crippen LogP contribution in [0.5, 0.6) is 11.5 Å². The molecule has 0 aliphatic rings. The smallest absolute Gasteiger partial charge is 0.166 e. The molecule has 0 radical (unpaired) electrons. The highest BCUT2D eigenvalue weighted by molar-refractivity contribution is 7.97. The van der Waals surface area contributed by atoms with E-state index in [2.05, 4.69) is 60.7 Å². The predicted octanol–water partition coefficient (Wildman–Crippen LogP) is 6.71. The molecule has 0 fully saturated rings. The van der Waals surface area contributed by atoms with E-state index in [0.717, 1.165) is 5.75 Å². The highest BCUT2D eigenvalue weighted by atomic mass is 32.2. The topological polar surface area (TPSA) is 9.23 Å². The largest absolute Gasteiger partial charge is 0.457 e. The van der Waals surface area contributed by atoms with Gasteiger partial charge in [0, 0.05) is 0 Å². The minimum Gasteiger partial charge on any atom is -0.457 e. The maximum Gasteiger partial charge on any atom is 0.166 e. The Bertz CT molecular complexity index is 944. The van der Waals surface area contributed by atoms with Crippen molar-refractivity contribution in [1.82, 2.24) is 0 Å². The molecule has 4 aromatic carbocycles. The molecule has 0 saturated carbocycles. The molecule has 0 N–H and O–H groups in total. The van der Waals surface area contributed by atoms with Gasteiger partial charge in [-0.1, -0.05) is 36.4 Å². The van der Waals surface area contributed by atoms with Crippen molar-refractivity contribution in [2.75, 3.05) is 0 Å². The lowest BCUT2D eigenvalue weighted by Crippen LogP contribution is -2.04. The van der Waals surface area contributed by atoms with E-state index in [1.165, 1.54) is 26.8 Å². The minimum atomic E-state index is -0.271. The third-order valence-corrected chi connectivity index (χ3v) is 6.30. The Labute approximate surface area is 161 Å². The van der Waals surface area contributed by atoms with Crippen LogP contribution in [0, 0.1) is 5.82 Å². The first kappa shape index (κ1) is 17.4. The summed E-state index contributed by atoms with van der Waals surface area (Å²) in [6.45, 7) is 0. The van der Waals surface area contributed by atoms with Gasteiger partial charge in [-0.3, -0.25) is 0 Å². The molecule has 1 nitrogen and oxygen atoms in total. The van der Waals surface area contributed by atoms with E-state index in [-0.39, 0.29) is 16.7 Å². The molecule has 3 heteroatoms. The highest BCUT2D eigenvalue weighted by Crippen LogP contribution is 2.32. The maximum absolute atomic E-state index is 13.0. The first-order chi connectivity index (χ1) is 13.3. The van der Waals surface area contributed by atoms with Crippen molar-refractivity contribution in [1.29, 1.82) is 0 Å². The molecule has 0 unspecified atom stereocenters. The van der Waals surface area contributed by atoms with Crippen molar-refractivity contribution in [3.63, 3.8) is 0 Å². The first-order valence-corrected chi connectivity index (χ1v) is 9.90. The Morgan fingerprint density at radius 3 is 1.37 bits per heavy atom. The molecule has 0 aliphatic carbocycles. The van der Waals surface area contributed by atoms with E-state index in [1.54, 1.807) is 12.1 Å². The zero-order chi connectivity index (χ0) is 18.5. The van der Waals surface area contributed by atoms with E-state index < -0.39 is 0 Å². The summed E-state index contributed by atoms with van der Waals surface area (Å²) >= 11 is 0. The number of hydrogen-bond donors (Lipinski definition) is 0. The fourth-order valence-corrected chi connectivity index (χ4v) is 4.89. The second-order valence-electron chi connectivity index (χ2n) is 5.96. The molecule has 0 aliphatic heterocycles. The molecule has 0 bridgehead atoms. The fourth-order valence-electron chi connectivity index (χ4n) is 2.80. The standard InChI is InChI=1S/C24H18FOS/c25-19-11-13-20(14-12-19)26-21-15-17-24(18-16-21)27(22-7-3-1-4-8-22)23-9-5-2-6-10-23/h1-18H/q+1. The van der Waals surface area contributed by atoms with Crippen molar-refractivity contribution >= 4 is 10.9 Å². The van der Waals surface area contributed by atoms with Gasteiger partial charge in [0.05, 0.1) is 10.9 Å². The van der Waals surface area contributed by atoms with Crippen molar-refractivity contribution < 1.29 is 9.13 Å². The third-order valence-electron chi connectivity index (χ3n) is 4.07. The first-order valence-electron chi connectivity index (χ1n) is 8.67. The molecule has 0 saturated heterocycles. The van der Waals surface area contributed by atoms with Crippen LogP contribution in [0.25, 0.3) is 0 Å². The third kappa shape index (κ3) is 4.21. The normalized spacial score (nSPS) is 10.7. The van der Waals surface area contributed by atoms with E-state index in [1.807, 2.05) is 24.3 Å². The Morgan fingerprint density at radius 1 is 0.481 bits per heavy atom. The number of rotatable bonds is 5. The summed E-state index contributed by atoms with van der Waals surface area (Å²) < 4.78 is 18.9. The van der Waals surface area contributed by atoms with Gasteiger partial charge in [-0.05, 0) is 72.8 Å². The average molecular weight is 373 g/mol. The van der Waals surface area contributed by atoms with Crippen LogP contribution in [-0.4, -0.2) is 0 Å². The van der Waals surface area contributed by atoms with Gasteiger partial charge >= 0.3 is 0 Å². The molecule has 0 spiro atoms. The lowest BCUT2D eigenvalue weighted by molar-refractivity contribution is 0.480. The Hall–Kier alpha value is -3.04. The van der Waals surface area contributed by atoms with Gasteiger partial charge in [-0.25, -0.2) is 4.39 Å². The molecule has 27 heavy (non-hydrogen) atoms. The monoisotopic (exact) mass is 373 g/mol. The summed E-state index contributed by atoms with van der Waals surface area (Å²) in [5.74, 6) is 1.08. The van der Waals surface area contributed by atoms with Gasteiger partial charge in [0.2, 0.25) is 0 Å². The summed E-state index contributed by atoms with van der Waals surface area (Å²) in [5, 5.41) is 0. The van der Waals surface area contributed by atoms with Crippen LogP contribution < -0.4 is 4.74 Å². The van der Waals surface area contributed by atoms with Crippen LogP contribution in [0.3, 0.4) is 0 Å². The lowest BCUT2D eigenvalue weighted by atomic mass is 10.3. The number of benzene rings is 4. The number of halogens is 1. The summed E-state index contributed by atoms with van der Waals surface area (Å²) in [5.41, 5.74) is 0.